The maximum atomic E-state index is 12.6. The first kappa shape index (κ1) is 19.0. The second-order valence-corrected chi connectivity index (χ2v) is 7.88. The van der Waals surface area contributed by atoms with Gasteiger partial charge in [-0.3, -0.25) is 4.31 Å². The third kappa shape index (κ3) is 5.09. The van der Waals surface area contributed by atoms with Crippen molar-refractivity contribution in [2.24, 2.45) is 0 Å². The molecule has 1 atom stereocenters. The molecular formula is C16H23N3O5S. The predicted molar refractivity (Wildman–Crippen MR) is 94.1 cm³/mol. The Kier molecular flexibility index (Phi) is 5.89. The van der Waals surface area contributed by atoms with Crippen LogP contribution in [0.5, 0.6) is 0 Å². The van der Waals surface area contributed by atoms with Crippen molar-refractivity contribution in [3.8, 4) is 0 Å². The average Bonchev–Trinajstić information content (AvgIpc) is 2.96. The van der Waals surface area contributed by atoms with Crippen molar-refractivity contribution in [2.45, 2.75) is 32.9 Å². The van der Waals surface area contributed by atoms with E-state index in [1.807, 2.05) is 12.1 Å². The second-order valence-electron chi connectivity index (χ2n) is 6.43. The van der Waals surface area contributed by atoms with Gasteiger partial charge in [0.2, 0.25) is 11.2 Å². The molecule has 1 aliphatic rings. The molecule has 138 valence electrons. The van der Waals surface area contributed by atoms with Crippen molar-refractivity contribution < 1.29 is 23.3 Å². The van der Waals surface area contributed by atoms with Crippen molar-refractivity contribution in [3.63, 3.8) is 0 Å². The van der Waals surface area contributed by atoms with Crippen LogP contribution < -0.4 is 9.62 Å². The molecule has 1 fully saturated rings. The van der Waals surface area contributed by atoms with Crippen LogP contribution >= 0.6 is 0 Å². The number of carbonyl (C=O) groups excluding carboxylic acids is 2. The van der Waals surface area contributed by atoms with Crippen molar-refractivity contribution in [1.29, 1.82) is 0 Å². The third-order valence-corrected chi connectivity index (χ3v) is 4.67. The summed E-state index contributed by atoms with van der Waals surface area (Å²) in [6.07, 6.45) is -1.14. The third-order valence-electron chi connectivity index (χ3n) is 3.30. The van der Waals surface area contributed by atoms with Gasteiger partial charge in [0.1, 0.15) is 12.2 Å². The number of amides is 2. The van der Waals surface area contributed by atoms with Gasteiger partial charge in [0.15, 0.2) is 0 Å². The summed E-state index contributed by atoms with van der Waals surface area (Å²) in [5.74, 6) is 0. The first-order valence-corrected chi connectivity index (χ1v) is 8.90. The highest BCUT2D eigenvalue weighted by Gasteiger charge is 2.30. The van der Waals surface area contributed by atoms with Crippen molar-refractivity contribution >= 4 is 29.0 Å². The number of alkyl carbamates (subject to hydrolysis) is 1. The lowest BCUT2D eigenvalue weighted by molar-refractivity contribution is 0.0523. The molecule has 0 aliphatic carbocycles. The van der Waals surface area contributed by atoms with Crippen LogP contribution in [-0.4, -0.2) is 46.5 Å². The Morgan fingerprint density at radius 3 is 2.68 bits per heavy atom. The number of benzene rings is 1. The molecule has 8 nitrogen and oxygen atoms in total. The van der Waals surface area contributed by atoms with Gasteiger partial charge in [0.05, 0.1) is 12.2 Å². The SMILES string of the molecule is CN(c1ccccc1CNC(=O)OC(C)(C)C)S(=O)N1CCOC1=O. The lowest BCUT2D eigenvalue weighted by atomic mass is 10.2. The fraction of sp³-hybridized carbons (Fsp3) is 0.500. The van der Waals surface area contributed by atoms with Crippen LogP contribution in [0.1, 0.15) is 26.3 Å². The van der Waals surface area contributed by atoms with Crippen molar-refractivity contribution in [2.75, 3.05) is 24.5 Å². The summed E-state index contributed by atoms with van der Waals surface area (Å²) >= 11 is -1.71. The molecule has 2 amide bonds. The quantitative estimate of drug-likeness (QED) is 0.859. The maximum Gasteiger partial charge on any atom is 0.423 e. The molecular weight excluding hydrogens is 346 g/mol. The molecule has 0 radical (unpaired) electrons. The zero-order valence-corrected chi connectivity index (χ0v) is 15.6. The van der Waals surface area contributed by atoms with Gasteiger partial charge in [-0.05, 0) is 32.4 Å². The van der Waals surface area contributed by atoms with E-state index < -0.39 is 29.0 Å². The first-order valence-electron chi connectivity index (χ1n) is 7.84. The Morgan fingerprint density at radius 2 is 2.08 bits per heavy atom. The molecule has 0 aromatic heterocycles. The predicted octanol–water partition coefficient (Wildman–Crippen LogP) is 2.18. The van der Waals surface area contributed by atoms with E-state index in [4.69, 9.17) is 9.47 Å². The monoisotopic (exact) mass is 369 g/mol. The highest BCUT2D eigenvalue weighted by atomic mass is 32.2. The number of rotatable bonds is 5. The molecule has 1 N–H and O–H groups in total. The minimum atomic E-state index is -1.71. The Hall–Kier alpha value is -2.29. The lowest BCUT2D eigenvalue weighted by Gasteiger charge is -2.25. The highest BCUT2D eigenvalue weighted by molar-refractivity contribution is 7.84. The van der Waals surface area contributed by atoms with Crippen LogP contribution in [-0.2, 0) is 27.2 Å². The van der Waals surface area contributed by atoms with Crippen LogP contribution in [0, 0.1) is 0 Å². The summed E-state index contributed by atoms with van der Waals surface area (Å²) in [7, 11) is 1.62. The summed E-state index contributed by atoms with van der Waals surface area (Å²) in [5.41, 5.74) is 0.797. The molecule has 0 saturated carbocycles. The summed E-state index contributed by atoms with van der Waals surface area (Å²) < 4.78 is 25.2. The minimum Gasteiger partial charge on any atom is -0.447 e. The molecule has 1 saturated heterocycles. The molecule has 0 spiro atoms. The van der Waals surface area contributed by atoms with E-state index in [-0.39, 0.29) is 19.7 Å². The van der Waals surface area contributed by atoms with Crippen molar-refractivity contribution in [3.05, 3.63) is 29.8 Å². The number of carbonyl (C=O) groups is 2. The minimum absolute atomic E-state index is 0.205. The fourth-order valence-corrected chi connectivity index (χ4v) is 3.26. The van der Waals surface area contributed by atoms with Gasteiger partial charge in [-0.15, -0.1) is 0 Å². The summed E-state index contributed by atoms with van der Waals surface area (Å²) in [5, 5.41) is 2.68. The van der Waals surface area contributed by atoms with Gasteiger partial charge in [0.25, 0.3) is 0 Å². The summed E-state index contributed by atoms with van der Waals surface area (Å²) in [4.78, 5) is 23.4. The average molecular weight is 369 g/mol. The number of anilines is 1. The van der Waals surface area contributed by atoms with Gasteiger partial charge < -0.3 is 14.8 Å². The van der Waals surface area contributed by atoms with E-state index in [1.165, 1.54) is 4.31 Å². The molecule has 9 heteroatoms. The molecule has 1 aromatic rings. The molecule has 1 unspecified atom stereocenters. The first-order chi connectivity index (χ1) is 11.7. The number of cyclic esters (lactones) is 1. The van der Waals surface area contributed by atoms with E-state index in [2.05, 4.69) is 5.32 Å². The second kappa shape index (κ2) is 7.73. The van der Waals surface area contributed by atoms with Gasteiger partial charge in [0, 0.05) is 13.6 Å². The molecule has 0 bridgehead atoms. The summed E-state index contributed by atoms with van der Waals surface area (Å²) in [6.45, 7) is 6.05. The number of hydrogen-bond donors (Lipinski definition) is 1. The number of ether oxygens (including phenoxy) is 2. The normalized spacial score (nSPS) is 15.5. The molecule has 25 heavy (non-hydrogen) atoms. The van der Waals surface area contributed by atoms with E-state index in [0.29, 0.717) is 5.69 Å². The van der Waals surface area contributed by atoms with Crippen LogP contribution in [0.15, 0.2) is 24.3 Å². The lowest BCUT2D eigenvalue weighted by Crippen LogP contribution is -2.38. The standard InChI is InChI=1S/C16H23N3O5S/c1-16(2,3)24-14(20)17-11-12-7-5-6-8-13(12)18(4)25(22)19-9-10-23-15(19)21/h5-8H,9-11H2,1-4H3,(H,17,20). The number of hydrogen-bond acceptors (Lipinski definition) is 5. The fourth-order valence-electron chi connectivity index (χ4n) is 2.20. The topological polar surface area (TPSA) is 88.2 Å². The van der Waals surface area contributed by atoms with Gasteiger partial charge in [-0.2, -0.15) is 0 Å². The van der Waals surface area contributed by atoms with Crippen LogP contribution in [0.4, 0.5) is 15.3 Å². The van der Waals surface area contributed by atoms with Gasteiger partial charge in [-0.1, -0.05) is 18.2 Å². The molecule has 1 heterocycles. The Balaban J connectivity index is 2.08. The molecule has 1 aromatic carbocycles. The van der Waals surface area contributed by atoms with Crippen LogP contribution in [0.25, 0.3) is 0 Å². The van der Waals surface area contributed by atoms with E-state index in [0.717, 1.165) is 9.87 Å². The zero-order valence-electron chi connectivity index (χ0n) is 14.8. The maximum absolute atomic E-state index is 12.6. The smallest absolute Gasteiger partial charge is 0.423 e. The largest absolute Gasteiger partial charge is 0.447 e. The van der Waals surface area contributed by atoms with Gasteiger partial charge >= 0.3 is 12.2 Å². The van der Waals surface area contributed by atoms with E-state index in [9.17, 15) is 13.8 Å². The Bertz CT molecular complexity index is 674. The molecule has 2 rings (SSSR count). The molecule has 1 aliphatic heterocycles. The Morgan fingerprint density at radius 1 is 1.40 bits per heavy atom. The number of para-hydroxylation sites is 1. The van der Waals surface area contributed by atoms with E-state index in [1.54, 1.807) is 40.0 Å². The highest BCUT2D eigenvalue weighted by Crippen LogP contribution is 2.23. The number of nitrogens with zero attached hydrogens (tertiary/aromatic N) is 2. The van der Waals surface area contributed by atoms with Gasteiger partial charge in [-0.25, -0.2) is 18.1 Å². The number of nitrogens with one attached hydrogen (secondary N) is 1. The van der Waals surface area contributed by atoms with Crippen molar-refractivity contribution in [1.82, 2.24) is 9.62 Å². The van der Waals surface area contributed by atoms with E-state index >= 15 is 0 Å². The zero-order chi connectivity index (χ0) is 18.6. The van der Waals surface area contributed by atoms with Crippen LogP contribution in [0.3, 0.4) is 0 Å². The van der Waals surface area contributed by atoms with Crippen LogP contribution in [0.2, 0.25) is 0 Å². The Labute approximate surface area is 149 Å². The summed E-state index contributed by atoms with van der Waals surface area (Å²) in [6, 6.07) is 7.19.